The minimum absolute atomic E-state index is 0.0155. The van der Waals surface area contributed by atoms with Crippen molar-refractivity contribution in [1.29, 1.82) is 0 Å². The molecule has 108 valence electrons. The van der Waals surface area contributed by atoms with E-state index < -0.39 is 13.6 Å². The lowest BCUT2D eigenvalue weighted by Crippen LogP contribution is -2.23. The van der Waals surface area contributed by atoms with Crippen LogP contribution in [-0.2, 0) is 18.3 Å². The Morgan fingerprint density at radius 3 is 2.21 bits per heavy atom. The van der Waals surface area contributed by atoms with Crippen LogP contribution in [0.15, 0.2) is 6.20 Å². The summed E-state index contributed by atoms with van der Waals surface area (Å²) < 4.78 is 28.2. The highest BCUT2D eigenvalue weighted by molar-refractivity contribution is 7.62. The van der Waals surface area contributed by atoms with Gasteiger partial charge in [0.05, 0.1) is 25.5 Å². The van der Waals surface area contributed by atoms with Crippen LogP contribution in [0.25, 0.3) is 0 Å². The fourth-order valence-corrected chi connectivity index (χ4v) is 3.43. The Bertz CT molecular complexity index is 469. The molecule has 0 amide bonds. The Hall–Kier alpha value is -1.17. The number of H-pyrrole nitrogens is 1. The van der Waals surface area contributed by atoms with Crippen LogP contribution in [-0.4, -0.2) is 35.5 Å². The van der Waals surface area contributed by atoms with Crippen molar-refractivity contribution in [3.8, 4) is 0 Å². The highest BCUT2D eigenvalue weighted by Crippen LogP contribution is 2.49. The average molecular weight is 290 g/mol. The molecule has 0 aliphatic rings. The number of carbonyl (C=O) groups excluding carboxylic acids is 1. The molecular formula is C11H19N2O5P. The van der Waals surface area contributed by atoms with E-state index in [0.717, 1.165) is 0 Å². The van der Waals surface area contributed by atoms with Crippen LogP contribution in [0.2, 0.25) is 0 Å². The first-order valence-corrected chi connectivity index (χ1v) is 7.43. The molecular weight excluding hydrogens is 271 g/mol. The van der Waals surface area contributed by atoms with Gasteiger partial charge in [0.2, 0.25) is 0 Å². The minimum Gasteiger partial charge on any atom is -0.465 e. The Morgan fingerprint density at radius 1 is 1.26 bits per heavy atom. The standard InChI is InChI=1S/C11H19N2O5P/c1-7(2)17-19(15,18-8(3)4)10-9(6-12-13-10)11(14)16-5/h6-8H,1-5H3,(H,12,13). The average Bonchev–Trinajstić information content (AvgIpc) is 2.75. The molecule has 0 radical (unpaired) electrons. The van der Waals surface area contributed by atoms with Crippen LogP contribution in [0, 0.1) is 0 Å². The summed E-state index contributed by atoms with van der Waals surface area (Å²) in [4.78, 5) is 11.6. The van der Waals surface area contributed by atoms with E-state index in [4.69, 9.17) is 9.05 Å². The van der Waals surface area contributed by atoms with E-state index in [1.807, 2.05) is 0 Å². The lowest BCUT2D eigenvalue weighted by molar-refractivity contribution is 0.0600. The first kappa shape index (κ1) is 15.9. The molecule has 1 aromatic rings. The predicted molar refractivity (Wildman–Crippen MR) is 69.6 cm³/mol. The number of aromatic nitrogens is 2. The fourth-order valence-electron chi connectivity index (χ4n) is 1.43. The quantitative estimate of drug-likeness (QED) is 0.635. The lowest BCUT2D eigenvalue weighted by Gasteiger charge is -2.22. The molecule has 0 aromatic carbocycles. The molecule has 1 aromatic heterocycles. The smallest absolute Gasteiger partial charge is 0.380 e. The zero-order chi connectivity index (χ0) is 14.6. The van der Waals surface area contributed by atoms with Crippen molar-refractivity contribution in [2.75, 3.05) is 7.11 Å². The summed E-state index contributed by atoms with van der Waals surface area (Å²) in [5.41, 5.74) is 0.0638. The number of aromatic amines is 1. The fraction of sp³-hybridized carbons (Fsp3) is 0.636. The summed E-state index contributed by atoms with van der Waals surface area (Å²) in [6, 6.07) is 0. The van der Waals surface area contributed by atoms with Crippen molar-refractivity contribution in [2.45, 2.75) is 39.9 Å². The third-order valence-electron chi connectivity index (χ3n) is 2.00. The molecule has 0 aliphatic heterocycles. The topological polar surface area (TPSA) is 90.5 Å². The van der Waals surface area contributed by atoms with Crippen molar-refractivity contribution >= 4 is 19.0 Å². The molecule has 1 N–H and O–H groups in total. The summed E-state index contributed by atoms with van der Waals surface area (Å²) in [5.74, 6) is -0.649. The van der Waals surface area contributed by atoms with Crippen molar-refractivity contribution in [2.24, 2.45) is 0 Å². The van der Waals surface area contributed by atoms with Gasteiger partial charge in [0, 0.05) is 0 Å². The Morgan fingerprint density at radius 2 is 1.79 bits per heavy atom. The van der Waals surface area contributed by atoms with Gasteiger partial charge >= 0.3 is 13.6 Å². The van der Waals surface area contributed by atoms with Gasteiger partial charge in [0.1, 0.15) is 5.56 Å². The molecule has 1 rings (SSSR count). The molecule has 0 atom stereocenters. The first-order valence-electron chi connectivity index (χ1n) is 5.89. The van der Waals surface area contributed by atoms with Crippen molar-refractivity contribution in [3.63, 3.8) is 0 Å². The molecule has 19 heavy (non-hydrogen) atoms. The van der Waals surface area contributed by atoms with Gasteiger partial charge in [-0.05, 0) is 27.7 Å². The van der Waals surface area contributed by atoms with Gasteiger partial charge < -0.3 is 13.8 Å². The number of carbonyl (C=O) groups is 1. The van der Waals surface area contributed by atoms with Crippen LogP contribution in [0.3, 0.4) is 0 Å². The van der Waals surface area contributed by atoms with Gasteiger partial charge in [-0.3, -0.25) is 9.66 Å². The molecule has 1 heterocycles. The Labute approximate surface area is 112 Å². The zero-order valence-corrected chi connectivity index (χ0v) is 12.6. The van der Waals surface area contributed by atoms with Crippen LogP contribution in [0.5, 0.6) is 0 Å². The minimum atomic E-state index is -3.66. The molecule has 0 aliphatic carbocycles. The molecule has 0 saturated heterocycles. The molecule has 0 spiro atoms. The van der Waals surface area contributed by atoms with E-state index in [1.165, 1.54) is 13.3 Å². The van der Waals surface area contributed by atoms with Gasteiger partial charge in [-0.25, -0.2) is 4.79 Å². The summed E-state index contributed by atoms with van der Waals surface area (Å²) in [5, 5.41) is 6.22. The van der Waals surface area contributed by atoms with Crippen molar-refractivity contribution in [1.82, 2.24) is 10.2 Å². The van der Waals surface area contributed by atoms with Gasteiger partial charge in [0.15, 0.2) is 5.44 Å². The van der Waals surface area contributed by atoms with E-state index in [9.17, 15) is 9.36 Å². The lowest BCUT2D eigenvalue weighted by atomic mass is 10.4. The van der Waals surface area contributed by atoms with Gasteiger partial charge in [-0.1, -0.05) is 0 Å². The van der Waals surface area contributed by atoms with E-state index in [1.54, 1.807) is 27.7 Å². The summed E-state index contributed by atoms with van der Waals surface area (Å²) in [6.45, 7) is 6.91. The first-order chi connectivity index (χ1) is 8.80. The number of rotatable bonds is 6. The Balaban J connectivity index is 3.22. The van der Waals surface area contributed by atoms with Crippen LogP contribution in [0.4, 0.5) is 0 Å². The normalized spacial score (nSPS) is 12.2. The number of ether oxygens (including phenoxy) is 1. The zero-order valence-electron chi connectivity index (χ0n) is 11.7. The largest absolute Gasteiger partial charge is 0.465 e. The van der Waals surface area contributed by atoms with Crippen LogP contribution >= 0.6 is 7.60 Å². The number of nitrogens with one attached hydrogen (secondary N) is 1. The number of hydrogen-bond donors (Lipinski definition) is 1. The number of methoxy groups -OCH3 is 1. The molecule has 0 fully saturated rings. The van der Waals surface area contributed by atoms with Crippen molar-refractivity contribution < 1.29 is 23.1 Å². The maximum atomic E-state index is 12.8. The SMILES string of the molecule is COC(=O)c1cn[nH]c1P(=O)(OC(C)C)OC(C)C. The van der Waals surface area contributed by atoms with Crippen LogP contribution in [0.1, 0.15) is 38.1 Å². The second-order valence-corrected chi connectivity index (χ2v) is 6.29. The predicted octanol–water partition coefficient (Wildman–Crippen LogP) is 1.86. The molecule has 0 saturated carbocycles. The van der Waals surface area contributed by atoms with Gasteiger partial charge in [0.25, 0.3) is 0 Å². The van der Waals surface area contributed by atoms with E-state index in [0.29, 0.717) is 0 Å². The second-order valence-electron chi connectivity index (χ2n) is 4.43. The second kappa shape index (κ2) is 6.32. The van der Waals surface area contributed by atoms with E-state index in [2.05, 4.69) is 14.9 Å². The summed E-state index contributed by atoms with van der Waals surface area (Å²) >= 11 is 0. The molecule has 0 unspecified atom stereocenters. The third-order valence-corrected chi connectivity index (χ3v) is 4.28. The summed E-state index contributed by atoms with van der Waals surface area (Å²) in [6.07, 6.45) is 0.568. The highest BCUT2D eigenvalue weighted by atomic mass is 31.2. The Kier molecular flexibility index (Phi) is 5.29. The number of hydrogen-bond acceptors (Lipinski definition) is 6. The third kappa shape index (κ3) is 3.89. The van der Waals surface area contributed by atoms with E-state index in [-0.39, 0.29) is 23.2 Å². The number of nitrogens with zero attached hydrogens (tertiary/aromatic N) is 1. The molecule has 7 nitrogen and oxygen atoms in total. The maximum Gasteiger partial charge on any atom is 0.380 e. The van der Waals surface area contributed by atoms with Crippen molar-refractivity contribution in [3.05, 3.63) is 11.8 Å². The highest BCUT2D eigenvalue weighted by Gasteiger charge is 2.37. The molecule has 0 bridgehead atoms. The maximum absolute atomic E-state index is 12.8. The number of esters is 1. The van der Waals surface area contributed by atoms with Gasteiger partial charge in [-0.2, -0.15) is 5.10 Å². The molecule has 8 heteroatoms. The summed E-state index contributed by atoms with van der Waals surface area (Å²) in [7, 11) is -2.43. The monoisotopic (exact) mass is 290 g/mol. The van der Waals surface area contributed by atoms with Crippen LogP contribution < -0.4 is 5.44 Å². The van der Waals surface area contributed by atoms with Gasteiger partial charge in [-0.15, -0.1) is 0 Å². The van der Waals surface area contributed by atoms with E-state index >= 15 is 0 Å².